The number of nitrogens with one attached hydrogen (secondary N) is 1. The summed E-state index contributed by atoms with van der Waals surface area (Å²) < 4.78 is 1.47. The summed E-state index contributed by atoms with van der Waals surface area (Å²) in [4.78, 5) is 16.5. The smallest absolute Gasteiger partial charge is 0.258 e. The predicted molar refractivity (Wildman–Crippen MR) is 82.3 cm³/mol. The van der Waals surface area contributed by atoms with E-state index in [1.807, 2.05) is 11.8 Å². The Morgan fingerprint density at radius 2 is 2.29 bits per heavy atom. The van der Waals surface area contributed by atoms with Crippen LogP contribution in [-0.2, 0) is 0 Å². The minimum atomic E-state index is 0.177. The molecule has 3 N–H and O–H groups in total. The van der Waals surface area contributed by atoms with Gasteiger partial charge < -0.3 is 11.1 Å². The van der Waals surface area contributed by atoms with Gasteiger partial charge in [0, 0.05) is 11.3 Å². The van der Waals surface area contributed by atoms with Gasteiger partial charge in [0.25, 0.3) is 5.95 Å². The largest absolute Gasteiger partial charge is 0.368 e. The van der Waals surface area contributed by atoms with Gasteiger partial charge in [0.1, 0.15) is 12.7 Å². The molecule has 0 radical (unpaired) electrons. The Morgan fingerprint density at radius 1 is 1.38 bits per heavy atom. The predicted octanol–water partition coefficient (Wildman–Crippen LogP) is 1.12. The van der Waals surface area contributed by atoms with E-state index < -0.39 is 0 Å². The van der Waals surface area contributed by atoms with Crippen molar-refractivity contribution in [1.82, 2.24) is 29.7 Å². The average molecular weight is 306 g/mol. The lowest BCUT2D eigenvalue weighted by atomic mass is 10.2. The van der Waals surface area contributed by atoms with E-state index in [2.05, 4.69) is 37.3 Å². The van der Waals surface area contributed by atoms with Crippen molar-refractivity contribution in [2.24, 2.45) is 0 Å². The van der Waals surface area contributed by atoms with Gasteiger partial charge in [-0.1, -0.05) is 13.3 Å². The van der Waals surface area contributed by atoms with Crippen molar-refractivity contribution in [3.05, 3.63) is 12.7 Å². The monoisotopic (exact) mass is 306 g/mol. The average Bonchev–Trinajstić information content (AvgIpc) is 3.11. The molecule has 0 bridgehead atoms. The fourth-order valence-corrected chi connectivity index (χ4v) is 3.73. The van der Waals surface area contributed by atoms with Gasteiger partial charge >= 0.3 is 0 Å². The molecule has 0 amide bonds. The number of anilines is 2. The number of thioether (sulfide) groups is 1. The highest BCUT2D eigenvalue weighted by atomic mass is 32.2. The number of nitrogens with zero attached hydrogens (tertiary/aromatic N) is 6. The summed E-state index contributed by atoms with van der Waals surface area (Å²) in [5.41, 5.74) is 5.76. The minimum absolute atomic E-state index is 0.177. The Morgan fingerprint density at radius 3 is 3.05 bits per heavy atom. The Labute approximate surface area is 127 Å². The third-order valence-corrected chi connectivity index (χ3v) is 4.74. The van der Waals surface area contributed by atoms with Gasteiger partial charge in [0.05, 0.1) is 0 Å². The molecular weight excluding hydrogens is 288 g/mol. The molecule has 9 heteroatoms. The maximum Gasteiger partial charge on any atom is 0.258 e. The lowest BCUT2D eigenvalue weighted by molar-refractivity contribution is 0.743. The Kier molecular flexibility index (Phi) is 4.18. The first-order chi connectivity index (χ1) is 10.3. The molecule has 0 saturated heterocycles. The molecule has 0 aromatic carbocycles. The Balaban J connectivity index is 1.79. The van der Waals surface area contributed by atoms with Gasteiger partial charge in [0.2, 0.25) is 11.9 Å². The lowest BCUT2D eigenvalue weighted by Crippen LogP contribution is -2.27. The van der Waals surface area contributed by atoms with Crippen LogP contribution in [0, 0.1) is 0 Å². The summed E-state index contributed by atoms with van der Waals surface area (Å²) in [5.74, 6) is 2.17. The summed E-state index contributed by atoms with van der Waals surface area (Å²) in [6, 6.07) is 0.375. The molecule has 2 atom stereocenters. The molecule has 0 spiro atoms. The van der Waals surface area contributed by atoms with Crippen molar-refractivity contribution in [1.29, 1.82) is 0 Å². The number of hydrogen-bond donors (Lipinski definition) is 2. The van der Waals surface area contributed by atoms with Crippen LogP contribution < -0.4 is 11.1 Å². The molecule has 1 aliphatic rings. The zero-order valence-corrected chi connectivity index (χ0v) is 12.6. The molecule has 2 unspecified atom stereocenters. The van der Waals surface area contributed by atoms with E-state index in [0.717, 1.165) is 12.2 Å². The molecular formula is C12H18N8S. The first kappa shape index (κ1) is 14.1. The normalized spacial score (nSPS) is 21.6. The van der Waals surface area contributed by atoms with Crippen molar-refractivity contribution < 1.29 is 0 Å². The van der Waals surface area contributed by atoms with E-state index in [4.69, 9.17) is 5.73 Å². The highest BCUT2D eigenvalue weighted by molar-refractivity contribution is 7.99. The molecule has 2 aromatic rings. The zero-order valence-electron chi connectivity index (χ0n) is 11.8. The Bertz CT molecular complexity index is 587. The van der Waals surface area contributed by atoms with Crippen molar-refractivity contribution in [2.45, 2.75) is 37.5 Å². The van der Waals surface area contributed by atoms with Crippen molar-refractivity contribution in [3.63, 3.8) is 0 Å². The summed E-state index contributed by atoms with van der Waals surface area (Å²) in [7, 11) is 0. The SMILES string of the molecule is CCSC1CCCC1Nc1nc(N)nc(-n2cncn2)n1. The second-order valence-electron chi connectivity index (χ2n) is 4.83. The van der Waals surface area contributed by atoms with E-state index >= 15 is 0 Å². The van der Waals surface area contributed by atoms with Crippen molar-refractivity contribution in [2.75, 3.05) is 16.8 Å². The number of hydrogen-bond acceptors (Lipinski definition) is 8. The van der Waals surface area contributed by atoms with E-state index in [-0.39, 0.29) is 5.95 Å². The van der Waals surface area contributed by atoms with Gasteiger partial charge in [-0.3, -0.25) is 0 Å². The summed E-state index contributed by atoms with van der Waals surface area (Å²) in [5, 5.41) is 8.00. The number of rotatable bonds is 5. The van der Waals surface area contributed by atoms with Gasteiger partial charge in [0.15, 0.2) is 0 Å². The topological polar surface area (TPSA) is 107 Å². The quantitative estimate of drug-likeness (QED) is 0.846. The number of nitrogen functional groups attached to an aromatic ring is 1. The first-order valence-corrected chi connectivity index (χ1v) is 8.06. The molecule has 2 aromatic heterocycles. The van der Waals surface area contributed by atoms with Gasteiger partial charge in [-0.05, 0) is 18.6 Å². The van der Waals surface area contributed by atoms with Crippen LogP contribution in [0.15, 0.2) is 12.7 Å². The third-order valence-electron chi connectivity index (χ3n) is 3.41. The molecule has 1 saturated carbocycles. The molecule has 3 rings (SSSR count). The lowest BCUT2D eigenvalue weighted by Gasteiger charge is -2.20. The molecule has 2 heterocycles. The highest BCUT2D eigenvalue weighted by Crippen LogP contribution is 2.31. The van der Waals surface area contributed by atoms with E-state index in [9.17, 15) is 0 Å². The first-order valence-electron chi connectivity index (χ1n) is 7.01. The van der Waals surface area contributed by atoms with E-state index in [1.54, 1.807) is 0 Å². The summed E-state index contributed by atoms with van der Waals surface area (Å²) >= 11 is 1.98. The van der Waals surface area contributed by atoms with Crippen LogP contribution >= 0.6 is 11.8 Å². The van der Waals surface area contributed by atoms with Gasteiger partial charge in [-0.25, -0.2) is 4.98 Å². The minimum Gasteiger partial charge on any atom is -0.368 e. The van der Waals surface area contributed by atoms with Crippen LogP contribution in [0.3, 0.4) is 0 Å². The molecule has 21 heavy (non-hydrogen) atoms. The van der Waals surface area contributed by atoms with Crippen LogP contribution in [0.25, 0.3) is 5.95 Å². The van der Waals surface area contributed by atoms with Crippen LogP contribution in [0.1, 0.15) is 26.2 Å². The third kappa shape index (κ3) is 3.23. The second kappa shape index (κ2) is 6.25. The van der Waals surface area contributed by atoms with Gasteiger partial charge in [-0.2, -0.15) is 36.5 Å². The molecule has 112 valence electrons. The molecule has 1 fully saturated rings. The van der Waals surface area contributed by atoms with Crippen LogP contribution in [0.5, 0.6) is 0 Å². The summed E-state index contributed by atoms with van der Waals surface area (Å²) in [6.07, 6.45) is 6.54. The fraction of sp³-hybridized carbons (Fsp3) is 0.583. The molecule has 8 nitrogen and oxygen atoms in total. The molecule has 1 aliphatic carbocycles. The van der Waals surface area contributed by atoms with E-state index in [0.29, 0.717) is 23.2 Å². The van der Waals surface area contributed by atoms with Crippen LogP contribution in [0.4, 0.5) is 11.9 Å². The van der Waals surface area contributed by atoms with Gasteiger partial charge in [-0.15, -0.1) is 0 Å². The van der Waals surface area contributed by atoms with Crippen LogP contribution in [-0.4, -0.2) is 46.8 Å². The zero-order chi connectivity index (χ0) is 14.7. The van der Waals surface area contributed by atoms with Crippen molar-refractivity contribution in [3.8, 4) is 5.95 Å². The maximum absolute atomic E-state index is 5.76. The van der Waals surface area contributed by atoms with E-state index in [1.165, 1.54) is 30.2 Å². The maximum atomic E-state index is 5.76. The number of nitrogens with two attached hydrogens (primary N) is 1. The number of aromatic nitrogens is 6. The molecule has 0 aliphatic heterocycles. The summed E-state index contributed by atoms with van der Waals surface area (Å²) in [6.45, 7) is 2.18. The second-order valence-corrected chi connectivity index (χ2v) is 6.35. The standard InChI is InChI=1S/C12H18N8S/c1-2-21-9-5-3-4-8(9)16-11-17-10(13)18-12(19-11)20-7-14-6-15-20/h6-9H,2-5H2,1H3,(H3,13,16,17,18,19). The van der Waals surface area contributed by atoms with Crippen molar-refractivity contribution >= 4 is 23.7 Å². The fourth-order valence-electron chi connectivity index (χ4n) is 2.53. The van der Waals surface area contributed by atoms with Crippen LogP contribution in [0.2, 0.25) is 0 Å². The highest BCUT2D eigenvalue weighted by Gasteiger charge is 2.27. The Hall–Kier alpha value is -1.90.